The van der Waals surface area contributed by atoms with E-state index in [0.29, 0.717) is 6.04 Å². The van der Waals surface area contributed by atoms with Gasteiger partial charge in [-0.15, -0.1) is 0 Å². The summed E-state index contributed by atoms with van der Waals surface area (Å²) in [6.07, 6.45) is 4.54. The van der Waals surface area contributed by atoms with Gasteiger partial charge in [-0.3, -0.25) is 0 Å². The monoisotopic (exact) mass is 272 g/mol. The van der Waals surface area contributed by atoms with Crippen molar-refractivity contribution in [3.8, 4) is 0 Å². The van der Waals surface area contributed by atoms with Gasteiger partial charge in [0.15, 0.2) is 5.90 Å². The van der Waals surface area contributed by atoms with Gasteiger partial charge >= 0.3 is 0 Å². The van der Waals surface area contributed by atoms with Crippen molar-refractivity contribution < 1.29 is 4.74 Å². The van der Waals surface area contributed by atoms with Crippen LogP contribution in [0.1, 0.15) is 30.4 Å². The molecule has 0 saturated carbocycles. The van der Waals surface area contributed by atoms with Crippen molar-refractivity contribution in [2.24, 2.45) is 10.9 Å². The molecule has 1 unspecified atom stereocenters. The van der Waals surface area contributed by atoms with Gasteiger partial charge in [0, 0.05) is 6.42 Å². The van der Waals surface area contributed by atoms with Crippen molar-refractivity contribution in [3.05, 3.63) is 35.4 Å². The molecule has 108 valence electrons. The number of aliphatic imine (C=N–C) groups is 1. The number of piperidine rings is 1. The number of hydrogen-bond acceptors (Lipinski definition) is 3. The lowest BCUT2D eigenvalue weighted by molar-refractivity contribution is 0.292. The Hall–Kier alpha value is -1.35. The van der Waals surface area contributed by atoms with Crippen molar-refractivity contribution >= 4 is 5.90 Å². The van der Waals surface area contributed by atoms with Gasteiger partial charge in [-0.25, -0.2) is 4.99 Å². The average molecular weight is 272 g/mol. The van der Waals surface area contributed by atoms with Crippen molar-refractivity contribution in [2.45, 2.75) is 38.6 Å². The third-order valence-electron chi connectivity index (χ3n) is 4.28. The minimum Gasteiger partial charge on any atom is -0.479 e. The van der Waals surface area contributed by atoms with E-state index in [4.69, 9.17) is 9.73 Å². The average Bonchev–Trinajstić information content (AvgIpc) is 2.90. The molecular weight excluding hydrogens is 248 g/mol. The molecule has 1 saturated heterocycles. The molecule has 3 rings (SSSR count). The van der Waals surface area contributed by atoms with E-state index in [9.17, 15) is 0 Å². The van der Waals surface area contributed by atoms with Crippen LogP contribution >= 0.6 is 0 Å². The minimum atomic E-state index is 0.314. The number of ether oxygens (including phenoxy) is 1. The molecule has 2 aliphatic rings. The molecule has 3 nitrogen and oxygen atoms in total. The Morgan fingerprint density at radius 3 is 2.65 bits per heavy atom. The van der Waals surface area contributed by atoms with Gasteiger partial charge in [-0.2, -0.15) is 0 Å². The molecule has 0 spiro atoms. The summed E-state index contributed by atoms with van der Waals surface area (Å²) in [6.45, 7) is 5.17. The fraction of sp³-hybridized carbons (Fsp3) is 0.588. The van der Waals surface area contributed by atoms with Crippen LogP contribution in [-0.4, -0.2) is 31.6 Å². The van der Waals surface area contributed by atoms with Crippen LogP contribution in [0.4, 0.5) is 0 Å². The lowest BCUT2D eigenvalue weighted by atomic mass is 9.95. The van der Waals surface area contributed by atoms with Crippen LogP contribution < -0.4 is 5.32 Å². The maximum atomic E-state index is 5.79. The highest BCUT2D eigenvalue weighted by molar-refractivity contribution is 5.78. The van der Waals surface area contributed by atoms with E-state index in [0.717, 1.165) is 44.4 Å². The van der Waals surface area contributed by atoms with Gasteiger partial charge in [0.05, 0.1) is 6.04 Å². The fourth-order valence-electron chi connectivity index (χ4n) is 3.02. The molecule has 1 atom stereocenters. The lowest BCUT2D eigenvalue weighted by Gasteiger charge is -2.21. The number of nitrogens with one attached hydrogen (secondary N) is 1. The van der Waals surface area contributed by atoms with Crippen LogP contribution in [0.15, 0.2) is 29.3 Å². The summed E-state index contributed by atoms with van der Waals surface area (Å²) in [5.41, 5.74) is 2.67. The zero-order valence-corrected chi connectivity index (χ0v) is 12.3. The summed E-state index contributed by atoms with van der Waals surface area (Å²) in [5, 5.41) is 3.40. The molecule has 0 radical (unpaired) electrons. The van der Waals surface area contributed by atoms with Crippen LogP contribution in [0.3, 0.4) is 0 Å². The molecule has 1 fully saturated rings. The fourth-order valence-corrected chi connectivity index (χ4v) is 3.02. The van der Waals surface area contributed by atoms with Crippen LogP contribution in [0, 0.1) is 12.8 Å². The van der Waals surface area contributed by atoms with E-state index in [1.807, 2.05) is 0 Å². The number of rotatable bonds is 4. The number of aryl methyl sites for hydroxylation is 1. The molecule has 0 aliphatic carbocycles. The molecule has 2 heterocycles. The normalized spacial score (nSPS) is 23.4. The second-order valence-electron chi connectivity index (χ2n) is 6.07. The summed E-state index contributed by atoms with van der Waals surface area (Å²) < 4.78 is 5.79. The van der Waals surface area contributed by atoms with E-state index in [2.05, 4.69) is 36.5 Å². The molecule has 20 heavy (non-hydrogen) atoms. The summed E-state index contributed by atoms with van der Waals surface area (Å²) in [6, 6.07) is 9.07. The molecule has 0 aromatic heterocycles. The van der Waals surface area contributed by atoms with Crippen molar-refractivity contribution in [2.75, 3.05) is 19.7 Å². The molecule has 1 N–H and O–H groups in total. The lowest BCUT2D eigenvalue weighted by Crippen LogP contribution is -2.28. The van der Waals surface area contributed by atoms with Crippen molar-refractivity contribution in [3.63, 3.8) is 0 Å². The first kappa shape index (κ1) is 13.6. The van der Waals surface area contributed by atoms with Gasteiger partial charge < -0.3 is 10.1 Å². The molecule has 1 aromatic carbocycles. The Bertz CT molecular complexity index is 460. The zero-order chi connectivity index (χ0) is 13.8. The summed E-state index contributed by atoms with van der Waals surface area (Å²) in [4.78, 5) is 4.77. The highest BCUT2D eigenvalue weighted by atomic mass is 16.5. The van der Waals surface area contributed by atoms with E-state index < -0.39 is 0 Å². The Morgan fingerprint density at radius 2 is 1.90 bits per heavy atom. The Morgan fingerprint density at radius 1 is 1.15 bits per heavy atom. The second kappa shape index (κ2) is 6.40. The molecule has 0 amide bonds. The van der Waals surface area contributed by atoms with E-state index >= 15 is 0 Å². The number of hydrogen-bond donors (Lipinski definition) is 1. The molecule has 1 aromatic rings. The van der Waals surface area contributed by atoms with E-state index in [1.165, 1.54) is 24.0 Å². The standard InChI is InChI=1S/C17H24N2O/c1-13-2-4-14(5-3-13)10-16-12-20-17(19-16)11-15-6-8-18-9-7-15/h2-5,15-16,18H,6-12H2,1H3. The predicted molar refractivity (Wildman–Crippen MR) is 82.3 cm³/mol. The summed E-state index contributed by atoms with van der Waals surface area (Å²) >= 11 is 0. The summed E-state index contributed by atoms with van der Waals surface area (Å²) in [7, 11) is 0. The highest BCUT2D eigenvalue weighted by Crippen LogP contribution is 2.21. The SMILES string of the molecule is Cc1ccc(CC2COC(CC3CCNCC3)=N2)cc1. The first-order valence-electron chi connectivity index (χ1n) is 7.75. The molecule has 2 aliphatic heterocycles. The first-order valence-corrected chi connectivity index (χ1v) is 7.75. The number of benzene rings is 1. The van der Waals surface area contributed by atoms with E-state index in [1.54, 1.807) is 0 Å². The van der Waals surface area contributed by atoms with Crippen molar-refractivity contribution in [1.29, 1.82) is 0 Å². The molecular formula is C17H24N2O. The minimum absolute atomic E-state index is 0.314. The Kier molecular flexibility index (Phi) is 4.36. The first-order chi connectivity index (χ1) is 9.79. The smallest absolute Gasteiger partial charge is 0.183 e. The predicted octanol–water partition coefficient (Wildman–Crippen LogP) is 2.72. The highest BCUT2D eigenvalue weighted by Gasteiger charge is 2.23. The van der Waals surface area contributed by atoms with E-state index in [-0.39, 0.29) is 0 Å². The van der Waals surface area contributed by atoms with Gasteiger partial charge in [0.25, 0.3) is 0 Å². The Labute approximate surface area is 121 Å². The summed E-state index contributed by atoms with van der Waals surface area (Å²) in [5.74, 6) is 1.75. The van der Waals surface area contributed by atoms with Crippen LogP contribution in [0.25, 0.3) is 0 Å². The quantitative estimate of drug-likeness (QED) is 0.914. The van der Waals surface area contributed by atoms with Crippen LogP contribution in [0.2, 0.25) is 0 Å². The van der Waals surface area contributed by atoms with Crippen LogP contribution in [-0.2, 0) is 11.2 Å². The molecule has 0 bridgehead atoms. The third-order valence-corrected chi connectivity index (χ3v) is 4.28. The largest absolute Gasteiger partial charge is 0.479 e. The third kappa shape index (κ3) is 3.60. The van der Waals surface area contributed by atoms with Gasteiger partial charge in [-0.05, 0) is 50.8 Å². The van der Waals surface area contributed by atoms with Gasteiger partial charge in [0.1, 0.15) is 6.61 Å². The number of nitrogens with zero attached hydrogens (tertiary/aromatic N) is 1. The topological polar surface area (TPSA) is 33.6 Å². The maximum Gasteiger partial charge on any atom is 0.183 e. The van der Waals surface area contributed by atoms with Gasteiger partial charge in [0.2, 0.25) is 0 Å². The van der Waals surface area contributed by atoms with Crippen molar-refractivity contribution in [1.82, 2.24) is 5.32 Å². The maximum absolute atomic E-state index is 5.79. The van der Waals surface area contributed by atoms with Gasteiger partial charge in [-0.1, -0.05) is 29.8 Å². The molecule has 3 heteroatoms. The zero-order valence-electron chi connectivity index (χ0n) is 12.3. The Balaban J connectivity index is 1.53. The van der Waals surface area contributed by atoms with Crippen LogP contribution in [0.5, 0.6) is 0 Å². The second-order valence-corrected chi connectivity index (χ2v) is 6.07.